The van der Waals surface area contributed by atoms with Crippen molar-refractivity contribution >= 4 is 9.84 Å². The largest absolute Gasteiger partial charge is 0.310 e. The molecule has 1 unspecified atom stereocenters. The molecule has 0 saturated heterocycles. The smallest absolute Gasteiger partial charge is 0.147 e. The first-order chi connectivity index (χ1) is 8.85. The van der Waals surface area contributed by atoms with E-state index < -0.39 is 27.5 Å². The fourth-order valence-corrected chi connectivity index (χ4v) is 2.51. The molecule has 3 nitrogen and oxygen atoms in total. The summed E-state index contributed by atoms with van der Waals surface area (Å²) in [6, 6.07) is 3.02. The zero-order valence-electron chi connectivity index (χ0n) is 11.1. The lowest BCUT2D eigenvalue weighted by molar-refractivity contribution is 0.456. The quantitative estimate of drug-likeness (QED) is 0.839. The molecule has 1 atom stereocenters. The highest BCUT2D eigenvalue weighted by atomic mass is 32.2. The molecule has 108 valence electrons. The number of hydrogen-bond donors (Lipinski definition) is 1. The third-order valence-corrected chi connectivity index (χ3v) is 3.74. The number of nitrogens with one attached hydrogen (secondary N) is 1. The predicted octanol–water partition coefficient (Wildman–Crippen LogP) is 2.44. The molecule has 0 aliphatic rings. The first-order valence-corrected chi connectivity index (χ1v) is 8.26. The van der Waals surface area contributed by atoms with E-state index in [4.69, 9.17) is 0 Å². The zero-order valence-corrected chi connectivity index (χ0v) is 11.9. The van der Waals surface area contributed by atoms with E-state index in [0.29, 0.717) is 6.54 Å². The monoisotopic (exact) mass is 291 g/mol. The van der Waals surface area contributed by atoms with Gasteiger partial charge in [-0.1, -0.05) is 13.0 Å². The molecule has 0 amide bonds. The van der Waals surface area contributed by atoms with Crippen molar-refractivity contribution in [2.45, 2.75) is 25.8 Å². The van der Waals surface area contributed by atoms with Crippen molar-refractivity contribution in [3.63, 3.8) is 0 Å². The van der Waals surface area contributed by atoms with Gasteiger partial charge in [-0.15, -0.1) is 0 Å². The van der Waals surface area contributed by atoms with E-state index in [0.717, 1.165) is 12.7 Å². The van der Waals surface area contributed by atoms with Crippen molar-refractivity contribution in [2.75, 3.05) is 18.6 Å². The lowest BCUT2D eigenvalue weighted by Crippen LogP contribution is -2.26. The highest BCUT2D eigenvalue weighted by Gasteiger charge is 2.20. The van der Waals surface area contributed by atoms with Crippen LogP contribution in [0.1, 0.15) is 31.4 Å². The Balaban J connectivity index is 2.95. The van der Waals surface area contributed by atoms with Crippen molar-refractivity contribution in [1.29, 1.82) is 0 Å². The molecule has 0 saturated carbocycles. The number of hydrogen-bond acceptors (Lipinski definition) is 3. The predicted molar refractivity (Wildman–Crippen MR) is 71.7 cm³/mol. The van der Waals surface area contributed by atoms with E-state index in [1.165, 1.54) is 18.2 Å². The van der Waals surface area contributed by atoms with E-state index in [1.54, 1.807) is 0 Å². The van der Waals surface area contributed by atoms with E-state index in [-0.39, 0.29) is 17.7 Å². The average molecular weight is 291 g/mol. The van der Waals surface area contributed by atoms with Crippen LogP contribution in [0, 0.1) is 11.6 Å². The van der Waals surface area contributed by atoms with Gasteiger partial charge in [-0.3, -0.25) is 0 Å². The number of rotatable bonds is 7. The Bertz CT molecular complexity index is 497. The summed E-state index contributed by atoms with van der Waals surface area (Å²) < 4.78 is 49.8. The minimum atomic E-state index is -3.16. The third kappa shape index (κ3) is 5.24. The van der Waals surface area contributed by atoms with Gasteiger partial charge in [-0.2, -0.15) is 0 Å². The summed E-state index contributed by atoms with van der Waals surface area (Å²) >= 11 is 0. The van der Waals surface area contributed by atoms with Gasteiger partial charge in [0.15, 0.2) is 0 Å². The van der Waals surface area contributed by atoms with Crippen LogP contribution in [-0.4, -0.2) is 27.0 Å². The maximum atomic E-state index is 13.7. The molecule has 19 heavy (non-hydrogen) atoms. The Kier molecular flexibility index (Phi) is 5.87. The summed E-state index contributed by atoms with van der Waals surface area (Å²) in [7, 11) is -3.16. The third-order valence-electron chi connectivity index (χ3n) is 2.77. The first-order valence-electron chi connectivity index (χ1n) is 6.20. The summed E-state index contributed by atoms with van der Waals surface area (Å²) in [6.45, 7) is 2.50. The van der Waals surface area contributed by atoms with Gasteiger partial charge in [0, 0.05) is 17.9 Å². The molecule has 1 rings (SSSR count). The molecule has 0 radical (unpaired) electrons. The first kappa shape index (κ1) is 16.0. The standard InChI is InChI=1S/C13H19F2NO2S/c1-3-8-16-12(7-9-19(2,17)18)13-10(14)5-4-6-11(13)15/h4-6,12,16H,3,7-9H2,1-2H3. The maximum Gasteiger partial charge on any atom is 0.147 e. The van der Waals surface area contributed by atoms with E-state index in [9.17, 15) is 17.2 Å². The number of benzene rings is 1. The van der Waals surface area contributed by atoms with Crippen molar-refractivity contribution in [1.82, 2.24) is 5.32 Å². The lowest BCUT2D eigenvalue weighted by Gasteiger charge is -2.19. The minimum absolute atomic E-state index is 0.0837. The summed E-state index contributed by atoms with van der Waals surface area (Å²) in [6.07, 6.45) is 2.06. The highest BCUT2D eigenvalue weighted by molar-refractivity contribution is 7.90. The summed E-state index contributed by atoms with van der Waals surface area (Å²) in [4.78, 5) is 0. The molecule has 1 aromatic carbocycles. The second-order valence-corrected chi connectivity index (χ2v) is 6.82. The normalized spacial score (nSPS) is 13.5. The van der Waals surface area contributed by atoms with Crippen LogP contribution < -0.4 is 5.32 Å². The van der Waals surface area contributed by atoms with Crippen LogP contribution in [0.25, 0.3) is 0 Å². The van der Waals surface area contributed by atoms with E-state index in [1.807, 2.05) is 6.92 Å². The molecule has 6 heteroatoms. The SMILES string of the molecule is CCCNC(CCS(C)(=O)=O)c1c(F)cccc1F. The Morgan fingerprint density at radius 2 is 1.84 bits per heavy atom. The van der Waals surface area contributed by atoms with Crippen LogP contribution in [-0.2, 0) is 9.84 Å². The van der Waals surface area contributed by atoms with Gasteiger partial charge < -0.3 is 5.32 Å². The molecule has 0 aliphatic carbocycles. The van der Waals surface area contributed by atoms with Gasteiger partial charge in [-0.25, -0.2) is 17.2 Å². The van der Waals surface area contributed by atoms with Gasteiger partial charge in [0.25, 0.3) is 0 Å². The molecule has 1 aromatic rings. The molecule has 1 N–H and O–H groups in total. The van der Waals surface area contributed by atoms with Crippen molar-refractivity contribution in [3.05, 3.63) is 35.4 Å². The molecule has 0 spiro atoms. The topological polar surface area (TPSA) is 46.2 Å². The summed E-state index contributed by atoms with van der Waals surface area (Å²) in [5, 5.41) is 3.00. The Morgan fingerprint density at radius 3 is 2.32 bits per heavy atom. The second kappa shape index (κ2) is 6.96. The van der Waals surface area contributed by atoms with Gasteiger partial charge in [-0.05, 0) is 31.5 Å². The molecular weight excluding hydrogens is 272 g/mol. The fraction of sp³-hybridized carbons (Fsp3) is 0.538. The van der Waals surface area contributed by atoms with Gasteiger partial charge in [0.1, 0.15) is 21.5 Å². The van der Waals surface area contributed by atoms with Crippen molar-refractivity contribution in [2.24, 2.45) is 0 Å². The van der Waals surface area contributed by atoms with Crippen LogP contribution in [0.4, 0.5) is 8.78 Å². The van der Waals surface area contributed by atoms with E-state index >= 15 is 0 Å². The molecule has 0 bridgehead atoms. The van der Waals surface area contributed by atoms with Crippen LogP contribution in [0.2, 0.25) is 0 Å². The van der Waals surface area contributed by atoms with Crippen molar-refractivity contribution < 1.29 is 17.2 Å². The molecule has 0 aromatic heterocycles. The van der Waals surface area contributed by atoms with Gasteiger partial charge in [0.2, 0.25) is 0 Å². The number of halogens is 2. The van der Waals surface area contributed by atoms with Crippen LogP contribution >= 0.6 is 0 Å². The van der Waals surface area contributed by atoms with Crippen LogP contribution in [0.5, 0.6) is 0 Å². The lowest BCUT2D eigenvalue weighted by atomic mass is 10.0. The Hall–Kier alpha value is -1.01. The van der Waals surface area contributed by atoms with Crippen LogP contribution in [0.15, 0.2) is 18.2 Å². The van der Waals surface area contributed by atoms with Gasteiger partial charge in [0.05, 0.1) is 5.75 Å². The highest BCUT2D eigenvalue weighted by Crippen LogP contribution is 2.23. The average Bonchev–Trinajstić information content (AvgIpc) is 2.30. The fourth-order valence-electron chi connectivity index (χ4n) is 1.84. The summed E-state index contributed by atoms with van der Waals surface area (Å²) in [5.41, 5.74) is -0.0837. The number of sulfone groups is 1. The second-order valence-electron chi connectivity index (χ2n) is 4.56. The molecule has 0 fully saturated rings. The Labute approximate surface area is 112 Å². The minimum Gasteiger partial charge on any atom is -0.310 e. The van der Waals surface area contributed by atoms with Gasteiger partial charge >= 0.3 is 0 Å². The maximum absolute atomic E-state index is 13.7. The summed E-state index contributed by atoms with van der Waals surface area (Å²) in [5.74, 6) is -1.41. The molecular formula is C13H19F2NO2S. The Morgan fingerprint density at radius 1 is 1.26 bits per heavy atom. The molecule has 0 heterocycles. The molecule has 0 aliphatic heterocycles. The van der Waals surface area contributed by atoms with Crippen molar-refractivity contribution in [3.8, 4) is 0 Å². The zero-order chi connectivity index (χ0) is 14.5. The van der Waals surface area contributed by atoms with Crippen LogP contribution in [0.3, 0.4) is 0 Å². The van der Waals surface area contributed by atoms with E-state index in [2.05, 4.69) is 5.32 Å².